The molecule has 0 aliphatic carbocycles. The van der Waals surface area contributed by atoms with Crippen LogP contribution >= 0.6 is 23.1 Å². The van der Waals surface area contributed by atoms with E-state index >= 15 is 0 Å². The van der Waals surface area contributed by atoms with E-state index in [1.165, 1.54) is 46.4 Å². The smallest absolute Gasteiger partial charge is 0.249 e. The molecule has 1 aromatic heterocycles. The zero-order valence-electron chi connectivity index (χ0n) is 39.6. The fourth-order valence-electron chi connectivity index (χ4n) is 11.9. The number of hydrogen-bond acceptors (Lipinski definition) is 7. The molecule has 74 heavy (non-hydrogen) atoms. The van der Waals surface area contributed by atoms with E-state index < -0.39 is 0 Å². The number of para-hydroxylation sites is 9. The van der Waals surface area contributed by atoms with Crippen LogP contribution in [0.1, 0.15) is 0 Å². The zero-order valence-corrected chi connectivity index (χ0v) is 41.3. The highest BCUT2D eigenvalue weighted by molar-refractivity contribution is 8.00. The molecule has 4 aliphatic heterocycles. The van der Waals surface area contributed by atoms with E-state index in [4.69, 9.17) is 9.47 Å². The highest BCUT2D eigenvalue weighted by Crippen LogP contribution is 2.57. The molecule has 5 heterocycles. The molecule has 0 atom stereocenters. The second-order valence-electron chi connectivity index (χ2n) is 19.1. The van der Waals surface area contributed by atoms with Crippen LogP contribution in [0.25, 0.3) is 42.4 Å². The number of ether oxygens (including phenoxy) is 2. The van der Waals surface area contributed by atoms with E-state index in [1.54, 1.807) is 0 Å². The average molecular weight is 982 g/mol. The quantitative estimate of drug-likeness (QED) is 0.160. The van der Waals surface area contributed by atoms with Gasteiger partial charge in [-0.3, -0.25) is 0 Å². The zero-order chi connectivity index (χ0) is 48.4. The van der Waals surface area contributed by atoms with Gasteiger partial charge in [-0.05, 0) is 107 Å². The van der Waals surface area contributed by atoms with Crippen LogP contribution in [-0.2, 0) is 0 Å². The van der Waals surface area contributed by atoms with Crippen LogP contribution < -0.4 is 40.6 Å². The van der Waals surface area contributed by atoms with Crippen molar-refractivity contribution in [3.63, 3.8) is 0 Å². The molecule has 0 saturated heterocycles. The van der Waals surface area contributed by atoms with E-state index in [9.17, 15) is 0 Å². The Bertz CT molecular complexity index is 4140. The van der Waals surface area contributed by atoms with Gasteiger partial charge in [-0.1, -0.05) is 175 Å². The standard InChI is InChI=1S/C66H40BN3O2S2/c1-3-18-41(19-4-1)45-23-17-24-46(42-20-5-2-6-21-42)65(45)70-54-38-43(68-50-25-8-12-29-56(50)71-57-30-13-9-26-51(57)68)34-35-48(54)67-49-36-37-61-63(47-22-7-16-33-60(47)73-61)66(49)74-62-40-44(39-55(70)64(62)67)69-52-27-10-14-31-58(52)72-59-32-15-11-28-53(59)69/h1-40H. The second-order valence-corrected chi connectivity index (χ2v) is 21.3. The first-order valence-electron chi connectivity index (χ1n) is 25.0. The van der Waals surface area contributed by atoms with Gasteiger partial charge in [-0.25, -0.2) is 0 Å². The van der Waals surface area contributed by atoms with Gasteiger partial charge in [0.1, 0.15) is 0 Å². The van der Waals surface area contributed by atoms with E-state index in [0.29, 0.717) is 0 Å². The molecule has 16 rings (SSSR count). The Morgan fingerprint density at radius 3 is 1.49 bits per heavy atom. The van der Waals surface area contributed by atoms with Crippen LogP contribution in [0.15, 0.2) is 252 Å². The summed E-state index contributed by atoms with van der Waals surface area (Å²) in [5.74, 6) is 3.27. The average Bonchev–Trinajstić information content (AvgIpc) is 3.89. The van der Waals surface area contributed by atoms with E-state index in [-0.39, 0.29) is 6.71 Å². The minimum Gasteiger partial charge on any atom is -0.453 e. The Labute approximate surface area is 436 Å². The summed E-state index contributed by atoms with van der Waals surface area (Å²) < 4.78 is 15.9. The topological polar surface area (TPSA) is 28.2 Å². The van der Waals surface area contributed by atoms with Crippen LogP contribution in [0.2, 0.25) is 0 Å². The molecule has 0 amide bonds. The van der Waals surface area contributed by atoms with Gasteiger partial charge >= 0.3 is 0 Å². The predicted molar refractivity (Wildman–Crippen MR) is 310 cm³/mol. The third kappa shape index (κ3) is 6.19. The number of nitrogens with zero attached hydrogens (tertiary/aromatic N) is 3. The van der Waals surface area contributed by atoms with Crippen molar-refractivity contribution in [1.29, 1.82) is 0 Å². The third-order valence-corrected chi connectivity index (χ3v) is 17.4. The van der Waals surface area contributed by atoms with Crippen molar-refractivity contribution in [1.82, 2.24) is 0 Å². The Kier molecular flexibility index (Phi) is 9.17. The number of anilines is 9. The first-order valence-corrected chi connectivity index (χ1v) is 26.7. The highest BCUT2D eigenvalue weighted by atomic mass is 32.2. The molecular formula is C66H40BN3O2S2. The summed E-state index contributed by atoms with van der Waals surface area (Å²) in [4.78, 5) is 9.94. The summed E-state index contributed by atoms with van der Waals surface area (Å²) in [6.07, 6.45) is 0. The first-order chi connectivity index (χ1) is 36.7. The molecule has 0 bridgehead atoms. The summed E-state index contributed by atoms with van der Waals surface area (Å²) in [7, 11) is 0. The fourth-order valence-corrected chi connectivity index (χ4v) is 14.5. The molecule has 4 aliphatic rings. The number of fused-ring (bicyclic) bond motifs is 12. The van der Waals surface area contributed by atoms with E-state index in [2.05, 4.69) is 257 Å². The van der Waals surface area contributed by atoms with E-state index in [1.807, 2.05) is 23.1 Å². The summed E-state index contributed by atoms with van der Waals surface area (Å²) in [6.45, 7) is -0.0914. The van der Waals surface area contributed by atoms with Gasteiger partial charge in [0.2, 0.25) is 6.71 Å². The first kappa shape index (κ1) is 41.6. The lowest BCUT2D eigenvalue weighted by Gasteiger charge is -2.43. The lowest BCUT2D eigenvalue weighted by atomic mass is 9.34. The van der Waals surface area contributed by atoms with Crippen molar-refractivity contribution in [3.8, 4) is 45.3 Å². The number of benzene rings is 11. The van der Waals surface area contributed by atoms with Crippen LogP contribution in [0, 0.1) is 0 Å². The summed E-state index contributed by atoms with van der Waals surface area (Å²) in [6, 6.07) is 88.1. The maximum Gasteiger partial charge on any atom is 0.249 e. The maximum atomic E-state index is 6.67. The Morgan fingerprint density at radius 2 is 0.878 bits per heavy atom. The molecule has 0 saturated carbocycles. The van der Waals surface area contributed by atoms with Gasteiger partial charge in [0.05, 0.1) is 28.4 Å². The molecule has 12 aromatic rings. The molecule has 0 fully saturated rings. The molecule has 0 N–H and O–H groups in total. The Hall–Kier alpha value is -8.95. The van der Waals surface area contributed by atoms with Gasteiger partial charge in [0.25, 0.3) is 0 Å². The third-order valence-electron chi connectivity index (χ3n) is 15.1. The van der Waals surface area contributed by atoms with Gasteiger partial charge < -0.3 is 24.2 Å². The lowest BCUT2D eigenvalue weighted by Crippen LogP contribution is -2.60. The van der Waals surface area contributed by atoms with Crippen LogP contribution in [0.4, 0.5) is 51.2 Å². The molecule has 0 unspecified atom stereocenters. The van der Waals surface area contributed by atoms with Crippen molar-refractivity contribution in [3.05, 3.63) is 243 Å². The molecule has 11 aromatic carbocycles. The Balaban J connectivity index is 1.05. The number of hydrogen-bond donors (Lipinski definition) is 0. The molecular weight excluding hydrogens is 942 g/mol. The summed E-state index contributed by atoms with van der Waals surface area (Å²) in [5.41, 5.74) is 17.8. The number of rotatable bonds is 5. The van der Waals surface area contributed by atoms with Crippen LogP contribution in [-0.4, -0.2) is 6.71 Å². The van der Waals surface area contributed by atoms with Gasteiger partial charge in [-0.2, -0.15) is 0 Å². The lowest BCUT2D eigenvalue weighted by molar-refractivity contribution is 0.477. The van der Waals surface area contributed by atoms with Crippen LogP contribution in [0.3, 0.4) is 0 Å². The number of thiophene rings is 1. The minimum atomic E-state index is -0.0914. The van der Waals surface area contributed by atoms with Crippen molar-refractivity contribution in [2.45, 2.75) is 9.79 Å². The monoisotopic (exact) mass is 981 g/mol. The largest absolute Gasteiger partial charge is 0.453 e. The SMILES string of the molecule is c1ccc(-c2cccc(-c3ccccc3)c2N2c3cc(N4c5ccccc5Oc5ccccc54)ccc3B3c4ccc5sc6ccccc6c5c4Sc4cc(N5c6ccccc6Oc6ccccc65)cc2c43)cc1. The molecule has 0 spiro atoms. The van der Waals surface area contributed by atoms with Gasteiger partial charge in [-0.15, -0.1) is 11.3 Å². The molecule has 0 radical (unpaired) electrons. The molecule has 8 heteroatoms. The molecule has 346 valence electrons. The summed E-state index contributed by atoms with van der Waals surface area (Å²) >= 11 is 3.80. The molecule has 5 nitrogen and oxygen atoms in total. The van der Waals surface area contributed by atoms with Gasteiger partial charge in [0, 0.05) is 63.8 Å². The Morgan fingerprint density at radius 1 is 0.365 bits per heavy atom. The van der Waals surface area contributed by atoms with Crippen LogP contribution in [0.5, 0.6) is 23.0 Å². The summed E-state index contributed by atoms with van der Waals surface area (Å²) in [5, 5.41) is 2.63. The van der Waals surface area contributed by atoms with Crippen molar-refractivity contribution >= 4 is 118 Å². The van der Waals surface area contributed by atoms with Crippen molar-refractivity contribution in [2.75, 3.05) is 14.7 Å². The second kappa shape index (κ2) is 16.3. The highest BCUT2D eigenvalue weighted by Gasteiger charge is 2.44. The fraction of sp³-hybridized carbons (Fsp3) is 0. The minimum absolute atomic E-state index is 0.0914. The maximum absolute atomic E-state index is 6.67. The van der Waals surface area contributed by atoms with E-state index in [0.717, 1.165) is 96.4 Å². The van der Waals surface area contributed by atoms with Crippen molar-refractivity contribution in [2.24, 2.45) is 0 Å². The predicted octanol–water partition coefficient (Wildman–Crippen LogP) is 17.3. The van der Waals surface area contributed by atoms with Gasteiger partial charge in [0.15, 0.2) is 23.0 Å². The van der Waals surface area contributed by atoms with Crippen molar-refractivity contribution < 1.29 is 9.47 Å². The normalized spacial score (nSPS) is 13.5.